The molecule has 2 aliphatic rings. The van der Waals surface area contributed by atoms with Crippen molar-refractivity contribution in [3.63, 3.8) is 0 Å². The lowest BCUT2D eigenvalue weighted by Gasteiger charge is -2.47. The third-order valence-electron chi connectivity index (χ3n) is 9.16. The molecule has 0 spiro atoms. The topological polar surface area (TPSA) is 0 Å². The van der Waals surface area contributed by atoms with Gasteiger partial charge in [0.15, 0.2) is 0 Å². The van der Waals surface area contributed by atoms with Gasteiger partial charge in [-0.05, 0) is 84.3 Å². The van der Waals surface area contributed by atoms with Crippen LogP contribution < -0.4 is 0 Å². The molecule has 0 aromatic heterocycles. The molecule has 0 heteroatoms. The largest absolute Gasteiger partial charge is 0.0851 e. The van der Waals surface area contributed by atoms with E-state index < -0.39 is 0 Å². The van der Waals surface area contributed by atoms with E-state index in [1.54, 1.807) is 5.56 Å². The van der Waals surface area contributed by atoms with Crippen LogP contribution in [0.1, 0.15) is 103 Å². The van der Waals surface area contributed by atoms with Gasteiger partial charge in [0.1, 0.15) is 0 Å². The highest BCUT2D eigenvalue weighted by atomic mass is 14.5. The van der Waals surface area contributed by atoms with E-state index in [1.807, 2.05) is 0 Å². The Bertz CT molecular complexity index is 843. The van der Waals surface area contributed by atoms with Gasteiger partial charge in [0.2, 0.25) is 0 Å². The molecule has 0 N–H and O–H groups in total. The van der Waals surface area contributed by atoms with Gasteiger partial charge in [0.05, 0.1) is 0 Å². The second-order valence-corrected chi connectivity index (χ2v) is 11.2. The summed E-state index contributed by atoms with van der Waals surface area (Å²) in [6, 6.07) is 20.3. The fourth-order valence-corrected chi connectivity index (χ4v) is 6.70. The fraction of sp³-hybridized carbons (Fsp3) is 0.576. The summed E-state index contributed by atoms with van der Waals surface area (Å²) >= 11 is 0. The van der Waals surface area contributed by atoms with E-state index in [0.717, 1.165) is 17.8 Å². The van der Waals surface area contributed by atoms with Crippen LogP contribution in [0.3, 0.4) is 0 Å². The van der Waals surface area contributed by atoms with Gasteiger partial charge in [-0.2, -0.15) is 0 Å². The number of rotatable bonds is 8. The molecule has 4 rings (SSSR count). The van der Waals surface area contributed by atoms with Crippen molar-refractivity contribution in [2.75, 3.05) is 0 Å². The lowest BCUT2D eigenvalue weighted by molar-refractivity contribution is 0.0918. The third-order valence-corrected chi connectivity index (χ3v) is 9.16. The Balaban J connectivity index is 1.44. The van der Waals surface area contributed by atoms with Gasteiger partial charge in [-0.3, -0.25) is 0 Å². The van der Waals surface area contributed by atoms with Gasteiger partial charge < -0.3 is 0 Å². The van der Waals surface area contributed by atoms with Crippen LogP contribution in [0.25, 0.3) is 11.1 Å². The maximum atomic E-state index is 2.72. The van der Waals surface area contributed by atoms with Crippen molar-refractivity contribution in [2.24, 2.45) is 23.2 Å². The molecule has 0 bridgehead atoms. The zero-order valence-corrected chi connectivity index (χ0v) is 21.4. The Morgan fingerprint density at radius 1 is 0.818 bits per heavy atom. The SMILES string of the molecule is CCCC1CCC(C2(/C=C/C(C)CC)CCC(c3ccc(-c4ccccc4)cc3)CC2)CC1. The molecule has 0 saturated heterocycles. The molecule has 178 valence electrons. The number of allylic oxidation sites excluding steroid dienone is 2. The van der Waals surface area contributed by atoms with Crippen LogP contribution in [-0.2, 0) is 0 Å². The standard InChI is InChI=1S/C33H46/c1-4-9-27-12-18-32(19-13-27)33(23-20-26(3)5-2)24-21-31(22-25-33)30-16-14-29(15-17-30)28-10-7-6-8-11-28/h6-8,10-11,14-17,20,23,26-27,31-32H,4-5,9,12-13,18-19,21-22,24-25H2,1-3H3/b23-20+. The predicted octanol–water partition coefficient (Wildman–Crippen LogP) is 10.2. The molecule has 1 atom stereocenters. The van der Waals surface area contributed by atoms with E-state index in [1.165, 1.54) is 81.8 Å². The second-order valence-electron chi connectivity index (χ2n) is 11.2. The van der Waals surface area contributed by atoms with Gasteiger partial charge in [-0.15, -0.1) is 0 Å². The van der Waals surface area contributed by atoms with Crippen molar-refractivity contribution >= 4 is 0 Å². The Morgan fingerprint density at radius 3 is 2.06 bits per heavy atom. The summed E-state index contributed by atoms with van der Waals surface area (Å²) < 4.78 is 0. The van der Waals surface area contributed by atoms with Crippen molar-refractivity contribution in [1.82, 2.24) is 0 Å². The zero-order valence-electron chi connectivity index (χ0n) is 21.4. The van der Waals surface area contributed by atoms with E-state index in [-0.39, 0.29) is 0 Å². The molecule has 2 saturated carbocycles. The van der Waals surface area contributed by atoms with Gasteiger partial charge >= 0.3 is 0 Å². The number of hydrogen-bond donors (Lipinski definition) is 0. The molecule has 2 aromatic rings. The molecule has 0 heterocycles. The highest BCUT2D eigenvalue weighted by Crippen LogP contribution is 2.53. The van der Waals surface area contributed by atoms with Crippen LogP contribution >= 0.6 is 0 Å². The van der Waals surface area contributed by atoms with Crippen LogP contribution in [-0.4, -0.2) is 0 Å². The lowest BCUT2D eigenvalue weighted by atomic mass is 9.58. The van der Waals surface area contributed by atoms with E-state index in [0.29, 0.717) is 11.3 Å². The van der Waals surface area contributed by atoms with Crippen molar-refractivity contribution in [1.29, 1.82) is 0 Å². The molecule has 0 radical (unpaired) electrons. The molecule has 2 fully saturated rings. The number of benzene rings is 2. The summed E-state index contributed by atoms with van der Waals surface area (Å²) in [4.78, 5) is 0. The summed E-state index contributed by atoms with van der Waals surface area (Å²) in [5.41, 5.74) is 4.67. The van der Waals surface area contributed by atoms with Gasteiger partial charge in [0.25, 0.3) is 0 Å². The van der Waals surface area contributed by atoms with Gasteiger partial charge in [-0.1, -0.05) is 120 Å². The average molecular weight is 443 g/mol. The minimum atomic E-state index is 0.459. The normalized spacial score (nSPS) is 29.2. The summed E-state index contributed by atoms with van der Waals surface area (Å²) in [6.07, 6.45) is 20.7. The molecule has 2 aromatic carbocycles. The Morgan fingerprint density at radius 2 is 1.45 bits per heavy atom. The van der Waals surface area contributed by atoms with Crippen LogP contribution in [0.5, 0.6) is 0 Å². The highest BCUT2D eigenvalue weighted by molar-refractivity contribution is 5.63. The first-order valence-electron chi connectivity index (χ1n) is 14.0. The first-order valence-corrected chi connectivity index (χ1v) is 14.0. The Hall–Kier alpha value is -1.82. The molecule has 0 nitrogen and oxygen atoms in total. The molecular weight excluding hydrogens is 396 g/mol. The predicted molar refractivity (Wildman–Crippen MR) is 144 cm³/mol. The quantitative estimate of drug-likeness (QED) is 0.357. The van der Waals surface area contributed by atoms with E-state index >= 15 is 0 Å². The summed E-state index contributed by atoms with van der Waals surface area (Å²) in [6.45, 7) is 7.08. The zero-order chi connectivity index (χ0) is 23.1. The molecule has 2 aliphatic carbocycles. The van der Waals surface area contributed by atoms with E-state index in [9.17, 15) is 0 Å². The summed E-state index contributed by atoms with van der Waals surface area (Å²) in [7, 11) is 0. The minimum absolute atomic E-state index is 0.459. The maximum Gasteiger partial charge on any atom is -0.00894 e. The van der Waals surface area contributed by atoms with Crippen LogP contribution in [0, 0.1) is 23.2 Å². The second kappa shape index (κ2) is 11.5. The summed E-state index contributed by atoms with van der Waals surface area (Å²) in [5.74, 6) is 3.35. The van der Waals surface area contributed by atoms with Gasteiger partial charge in [-0.25, -0.2) is 0 Å². The molecule has 33 heavy (non-hydrogen) atoms. The minimum Gasteiger partial charge on any atom is -0.0851 e. The maximum absolute atomic E-state index is 2.72. The molecule has 0 aliphatic heterocycles. The van der Waals surface area contributed by atoms with E-state index in [4.69, 9.17) is 0 Å². The highest BCUT2D eigenvalue weighted by Gasteiger charge is 2.41. The van der Waals surface area contributed by atoms with Crippen LogP contribution in [0.2, 0.25) is 0 Å². The fourth-order valence-electron chi connectivity index (χ4n) is 6.70. The number of hydrogen-bond acceptors (Lipinski definition) is 0. The first-order chi connectivity index (χ1) is 16.1. The lowest BCUT2D eigenvalue weighted by Crippen LogP contribution is -2.35. The smallest absolute Gasteiger partial charge is 0.00894 e. The van der Waals surface area contributed by atoms with Gasteiger partial charge in [0, 0.05) is 0 Å². The van der Waals surface area contributed by atoms with Crippen LogP contribution in [0.4, 0.5) is 0 Å². The average Bonchev–Trinajstić information content (AvgIpc) is 2.89. The molecular formula is C33H46. The van der Waals surface area contributed by atoms with Crippen molar-refractivity contribution in [2.45, 2.75) is 97.3 Å². The van der Waals surface area contributed by atoms with Crippen molar-refractivity contribution in [3.8, 4) is 11.1 Å². The van der Waals surface area contributed by atoms with Crippen molar-refractivity contribution < 1.29 is 0 Å². The Labute approximate surface area is 203 Å². The Kier molecular flexibility index (Phi) is 8.50. The third kappa shape index (κ3) is 6.00. The first kappa shape index (κ1) is 24.3. The summed E-state index contributed by atoms with van der Waals surface area (Å²) in [5, 5.41) is 0. The van der Waals surface area contributed by atoms with Crippen molar-refractivity contribution in [3.05, 3.63) is 72.3 Å². The molecule has 1 unspecified atom stereocenters. The van der Waals surface area contributed by atoms with E-state index in [2.05, 4.69) is 87.5 Å². The van der Waals surface area contributed by atoms with Crippen LogP contribution in [0.15, 0.2) is 66.7 Å². The molecule has 0 amide bonds. The monoisotopic (exact) mass is 442 g/mol.